The van der Waals surface area contributed by atoms with Crippen LogP contribution in [0.2, 0.25) is 0 Å². The minimum Gasteiger partial charge on any atom is -0.495 e. The Labute approximate surface area is 124 Å². The van der Waals surface area contributed by atoms with E-state index < -0.39 is 0 Å². The molecule has 0 radical (unpaired) electrons. The largest absolute Gasteiger partial charge is 0.495 e. The second kappa shape index (κ2) is 5.39. The molecule has 2 amide bonds. The molecule has 1 atom stereocenters. The van der Waals surface area contributed by atoms with E-state index in [9.17, 15) is 9.59 Å². The number of ether oxygens (including phenoxy) is 1. The zero-order valence-corrected chi connectivity index (χ0v) is 12.4. The van der Waals surface area contributed by atoms with Gasteiger partial charge in [-0.1, -0.05) is 6.07 Å². The molecule has 1 heterocycles. The lowest BCUT2D eigenvalue weighted by Crippen LogP contribution is -2.29. The van der Waals surface area contributed by atoms with E-state index in [4.69, 9.17) is 4.74 Å². The predicted octanol–water partition coefficient (Wildman–Crippen LogP) is 1.95. The van der Waals surface area contributed by atoms with E-state index in [0.29, 0.717) is 30.4 Å². The molecule has 21 heavy (non-hydrogen) atoms. The molecule has 3 rings (SSSR count). The fraction of sp³-hybridized carbons (Fsp3) is 0.500. The van der Waals surface area contributed by atoms with Gasteiger partial charge in [-0.3, -0.25) is 9.59 Å². The molecular formula is C16H20N2O3. The molecule has 112 valence electrons. The van der Waals surface area contributed by atoms with Crippen molar-refractivity contribution >= 4 is 17.5 Å². The Kier molecular flexibility index (Phi) is 3.57. The molecule has 5 heteroatoms. The molecule has 1 aromatic carbocycles. The quantitative estimate of drug-likeness (QED) is 0.921. The van der Waals surface area contributed by atoms with E-state index in [0.717, 1.165) is 18.4 Å². The SMILES string of the molecule is COc1ccc(C)cc1NC(=O)C1CC(=O)N(C2CC2)C1. The summed E-state index contributed by atoms with van der Waals surface area (Å²) in [6.07, 6.45) is 2.47. The molecule has 1 unspecified atom stereocenters. The standard InChI is InChI=1S/C16H20N2O3/c1-10-3-6-14(21-2)13(7-10)17-16(20)11-8-15(19)18(9-11)12-4-5-12/h3,6-7,11-12H,4-5,8-9H2,1-2H3,(H,17,20). The summed E-state index contributed by atoms with van der Waals surface area (Å²) < 4.78 is 5.26. The highest BCUT2D eigenvalue weighted by atomic mass is 16.5. The van der Waals surface area contributed by atoms with Crippen LogP contribution in [-0.4, -0.2) is 36.4 Å². The van der Waals surface area contributed by atoms with E-state index in [1.807, 2.05) is 30.0 Å². The van der Waals surface area contributed by atoms with Crippen molar-refractivity contribution in [3.8, 4) is 5.75 Å². The van der Waals surface area contributed by atoms with Gasteiger partial charge < -0.3 is 15.0 Å². The monoisotopic (exact) mass is 288 g/mol. The number of anilines is 1. The van der Waals surface area contributed by atoms with Crippen LogP contribution in [0.5, 0.6) is 5.75 Å². The number of aryl methyl sites for hydroxylation is 1. The number of methoxy groups -OCH3 is 1. The van der Waals surface area contributed by atoms with Crippen LogP contribution in [0.25, 0.3) is 0 Å². The molecule has 1 N–H and O–H groups in total. The Morgan fingerprint density at radius 1 is 1.38 bits per heavy atom. The first-order valence-corrected chi connectivity index (χ1v) is 7.33. The Morgan fingerprint density at radius 2 is 2.14 bits per heavy atom. The number of rotatable bonds is 4. The first-order chi connectivity index (χ1) is 10.1. The smallest absolute Gasteiger partial charge is 0.229 e. The normalized spacial score (nSPS) is 21.5. The molecule has 2 aliphatic rings. The van der Waals surface area contributed by atoms with Crippen LogP contribution in [-0.2, 0) is 9.59 Å². The van der Waals surface area contributed by atoms with Gasteiger partial charge in [0.1, 0.15) is 5.75 Å². The van der Waals surface area contributed by atoms with Crippen LogP contribution < -0.4 is 10.1 Å². The van der Waals surface area contributed by atoms with Crippen LogP contribution in [0, 0.1) is 12.8 Å². The van der Waals surface area contributed by atoms with Crippen molar-refractivity contribution in [3.05, 3.63) is 23.8 Å². The maximum atomic E-state index is 12.4. The summed E-state index contributed by atoms with van der Waals surface area (Å²) in [5, 5.41) is 2.90. The number of benzene rings is 1. The number of hydrogen-bond acceptors (Lipinski definition) is 3. The van der Waals surface area contributed by atoms with Crippen molar-refractivity contribution < 1.29 is 14.3 Å². The maximum Gasteiger partial charge on any atom is 0.229 e. The van der Waals surface area contributed by atoms with Gasteiger partial charge in [-0.2, -0.15) is 0 Å². The number of hydrogen-bond donors (Lipinski definition) is 1. The van der Waals surface area contributed by atoms with Gasteiger partial charge in [-0.05, 0) is 37.5 Å². The molecule has 0 bridgehead atoms. The molecule has 1 aromatic rings. The highest BCUT2D eigenvalue weighted by Crippen LogP contribution is 2.33. The lowest BCUT2D eigenvalue weighted by atomic mass is 10.1. The van der Waals surface area contributed by atoms with Gasteiger partial charge in [0, 0.05) is 19.0 Å². The average Bonchev–Trinajstić information content (AvgIpc) is 3.22. The molecule has 1 aliphatic heterocycles. The molecule has 1 aliphatic carbocycles. The van der Waals surface area contributed by atoms with Crippen LogP contribution >= 0.6 is 0 Å². The summed E-state index contributed by atoms with van der Waals surface area (Å²) in [4.78, 5) is 26.2. The Morgan fingerprint density at radius 3 is 2.81 bits per heavy atom. The number of nitrogens with one attached hydrogen (secondary N) is 1. The fourth-order valence-corrected chi connectivity index (χ4v) is 2.80. The van der Waals surface area contributed by atoms with E-state index in [1.54, 1.807) is 7.11 Å². The molecule has 0 spiro atoms. The van der Waals surface area contributed by atoms with Crippen molar-refractivity contribution in [1.82, 2.24) is 4.90 Å². The van der Waals surface area contributed by atoms with Gasteiger partial charge >= 0.3 is 0 Å². The summed E-state index contributed by atoms with van der Waals surface area (Å²) >= 11 is 0. The lowest BCUT2D eigenvalue weighted by molar-refractivity contribution is -0.128. The summed E-state index contributed by atoms with van der Waals surface area (Å²) in [5.41, 5.74) is 1.72. The number of carbonyl (C=O) groups excluding carboxylic acids is 2. The van der Waals surface area contributed by atoms with Crippen LogP contribution in [0.15, 0.2) is 18.2 Å². The van der Waals surface area contributed by atoms with E-state index in [-0.39, 0.29) is 17.7 Å². The van der Waals surface area contributed by atoms with Crippen molar-refractivity contribution in [2.24, 2.45) is 5.92 Å². The van der Waals surface area contributed by atoms with Gasteiger partial charge in [-0.25, -0.2) is 0 Å². The van der Waals surface area contributed by atoms with Crippen molar-refractivity contribution in [2.75, 3.05) is 19.0 Å². The van der Waals surface area contributed by atoms with E-state index >= 15 is 0 Å². The van der Waals surface area contributed by atoms with Crippen LogP contribution in [0.4, 0.5) is 5.69 Å². The highest BCUT2D eigenvalue weighted by Gasteiger charge is 2.41. The number of nitrogens with zero attached hydrogens (tertiary/aromatic N) is 1. The Hall–Kier alpha value is -2.04. The molecule has 0 aromatic heterocycles. The maximum absolute atomic E-state index is 12.4. The summed E-state index contributed by atoms with van der Waals surface area (Å²) in [7, 11) is 1.58. The Balaban J connectivity index is 1.69. The molecular weight excluding hydrogens is 268 g/mol. The second-order valence-electron chi connectivity index (χ2n) is 5.87. The molecule has 1 saturated carbocycles. The summed E-state index contributed by atoms with van der Waals surface area (Å²) in [5.74, 6) is 0.380. The van der Waals surface area contributed by atoms with Crippen molar-refractivity contribution in [3.63, 3.8) is 0 Å². The topological polar surface area (TPSA) is 58.6 Å². The number of carbonyl (C=O) groups is 2. The van der Waals surface area contributed by atoms with Gasteiger partial charge in [-0.15, -0.1) is 0 Å². The first kappa shape index (κ1) is 13.9. The first-order valence-electron chi connectivity index (χ1n) is 7.33. The average molecular weight is 288 g/mol. The summed E-state index contributed by atoms with van der Waals surface area (Å²) in [6, 6.07) is 6.03. The third-order valence-corrected chi connectivity index (χ3v) is 4.13. The van der Waals surface area contributed by atoms with Crippen molar-refractivity contribution in [1.29, 1.82) is 0 Å². The fourth-order valence-electron chi connectivity index (χ4n) is 2.80. The van der Waals surface area contributed by atoms with Gasteiger partial charge in [0.25, 0.3) is 0 Å². The summed E-state index contributed by atoms with van der Waals surface area (Å²) in [6.45, 7) is 2.51. The number of amides is 2. The second-order valence-corrected chi connectivity index (χ2v) is 5.87. The third-order valence-electron chi connectivity index (χ3n) is 4.13. The minimum absolute atomic E-state index is 0.101. The molecule has 2 fully saturated rings. The zero-order valence-electron chi connectivity index (χ0n) is 12.4. The van der Waals surface area contributed by atoms with Gasteiger partial charge in [0.05, 0.1) is 18.7 Å². The minimum atomic E-state index is -0.261. The van der Waals surface area contributed by atoms with Crippen LogP contribution in [0.1, 0.15) is 24.8 Å². The van der Waals surface area contributed by atoms with Crippen molar-refractivity contribution in [2.45, 2.75) is 32.2 Å². The number of likely N-dealkylation sites (tertiary alicyclic amines) is 1. The molecule has 1 saturated heterocycles. The van der Waals surface area contributed by atoms with Crippen LogP contribution in [0.3, 0.4) is 0 Å². The third kappa shape index (κ3) is 2.86. The lowest BCUT2D eigenvalue weighted by Gasteiger charge is -2.16. The highest BCUT2D eigenvalue weighted by molar-refractivity contribution is 5.98. The van der Waals surface area contributed by atoms with E-state index in [2.05, 4.69) is 5.32 Å². The van der Waals surface area contributed by atoms with Gasteiger partial charge in [0.2, 0.25) is 11.8 Å². The Bertz CT molecular complexity index is 581. The predicted molar refractivity (Wildman–Crippen MR) is 79.2 cm³/mol. The van der Waals surface area contributed by atoms with Gasteiger partial charge in [0.15, 0.2) is 0 Å². The van der Waals surface area contributed by atoms with E-state index in [1.165, 1.54) is 0 Å². The zero-order chi connectivity index (χ0) is 15.0. The molecule has 5 nitrogen and oxygen atoms in total.